The van der Waals surface area contributed by atoms with Gasteiger partial charge in [0, 0.05) is 14.2 Å². The maximum atomic E-state index is 5.39. The molecule has 0 spiro atoms. The summed E-state index contributed by atoms with van der Waals surface area (Å²) in [5.41, 5.74) is 0. The van der Waals surface area contributed by atoms with Crippen LogP contribution in [0.1, 0.15) is 90.9 Å². The van der Waals surface area contributed by atoms with Crippen LogP contribution in [0.2, 0.25) is 0 Å². The average molecular weight is 356 g/mol. The number of rotatable bonds is 15. The highest BCUT2D eigenvalue weighted by Gasteiger charge is 2.17. The summed E-state index contributed by atoms with van der Waals surface area (Å²) >= 11 is 0. The summed E-state index contributed by atoms with van der Waals surface area (Å²) in [7, 11) is 3.51. The molecule has 1 aliphatic rings. The number of piperidine rings is 1. The van der Waals surface area contributed by atoms with Crippen LogP contribution in [0.5, 0.6) is 0 Å². The van der Waals surface area contributed by atoms with E-state index in [-0.39, 0.29) is 6.29 Å². The molecule has 150 valence electrons. The predicted molar refractivity (Wildman–Crippen MR) is 108 cm³/mol. The molecule has 3 heteroatoms. The largest absolute Gasteiger partial charge is 0.356 e. The number of hydrogen-bond donors (Lipinski definition) is 0. The minimum Gasteiger partial charge on any atom is -0.356 e. The third kappa shape index (κ3) is 11.2. The molecule has 1 aliphatic heterocycles. The summed E-state index contributed by atoms with van der Waals surface area (Å²) in [4.78, 5) is 2.69. The van der Waals surface area contributed by atoms with Crippen LogP contribution in [0.4, 0.5) is 0 Å². The third-order valence-corrected chi connectivity index (χ3v) is 6.02. The summed E-state index contributed by atoms with van der Waals surface area (Å²) in [5.74, 6) is 1.78. The molecule has 1 saturated heterocycles. The zero-order valence-corrected chi connectivity index (χ0v) is 17.6. The Balaban J connectivity index is 2.25. The first kappa shape index (κ1) is 22.9. The number of nitrogens with zero attached hydrogens (tertiary/aromatic N) is 1. The zero-order valence-electron chi connectivity index (χ0n) is 17.6. The van der Waals surface area contributed by atoms with E-state index in [1.807, 2.05) is 0 Å². The van der Waals surface area contributed by atoms with Crippen LogP contribution in [0.3, 0.4) is 0 Å². The Hall–Kier alpha value is -0.120. The molecule has 1 rings (SSSR count). The second-order valence-electron chi connectivity index (χ2n) is 8.21. The minimum atomic E-state index is -0.0221. The fraction of sp³-hybridized carbons (Fsp3) is 1.00. The molecule has 0 aromatic rings. The van der Waals surface area contributed by atoms with E-state index >= 15 is 0 Å². The van der Waals surface area contributed by atoms with Crippen LogP contribution < -0.4 is 0 Å². The van der Waals surface area contributed by atoms with Crippen molar-refractivity contribution in [2.45, 2.75) is 97.2 Å². The maximum Gasteiger partial charge on any atom is 0.156 e. The van der Waals surface area contributed by atoms with Gasteiger partial charge in [-0.2, -0.15) is 0 Å². The van der Waals surface area contributed by atoms with Crippen molar-refractivity contribution in [2.24, 2.45) is 11.8 Å². The summed E-state index contributed by atoms with van der Waals surface area (Å²) in [6.45, 7) is 8.63. The quantitative estimate of drug-likeness (QED) is 0.271. The zero-order chi connectivity index (χ0) is 18.3. The number of unbranched alkanes of at least 4 members (excludes halogenated alkanes) is 4. The van der Waals surface area contributed by atoms with Gasteiger partial charge in [-0.05, 0) is 70.0 Å². The van der Waals surface area contributed by atoms with Gasteiger partial charge in [0.25, 0.3) is 0 Å². The van der Waals surface area contributed by atoms with E-state index in [0.717, 1.165) is 18.3 Å². The molecule has 3 nitrogen and oxygen atoms in total. The molecule has 0 radical (unpaired) electrons. The van der Waals surface area contributed by atoms with Gasteiger partial charge in [0.2, 0.25) is 0 Å². The Morgan fingerprint density at radius 2 is 1.48 bits per heavy atom. The molecule has 1 fully saturated rings. The molecule has 0 aromatic heterocycles. The van der Waals surface area contributed by atoms with Crippen molar-refractivity contribution in [2.75, 3.05) is 33.9 Å². The van der Waals surface area contributed by atoms with Gasteiger partial charge in [-0.1, -0.05) is 52.4 Å². The van der Waals surface area contributed by atoms with E-state index in [0.29, 0.717) is 0 Å². The maximum absolute atomic E-state index is 5.39. The summed E-state index contributed by atoms with van der Waals surface area (Å²) in [6, 6.07) is 0. The first-order chi connectivity index (χ1) is 12.2. The normalized spacial score (nSPS) is 18.1. The van der Waals surface area contributed by atoms with Gasteiger partial charge >= 0.3 is 0 Å². The number of hydrogen-bond acceptors (Lipinski definition) is 3. The van der Waals surface area contributed by atoms with Crippen molar-refractivity contribution < 1.29 is 9.47 Å². The summed E-state index contributed by atoms with van der Waals surface area (Å²) in [5, 5.41) is 0. The van der Waals surface area contributed by atoms with Crippen molar-refractivity contribution in [1.29, 1.82) is 0 Å². The van der Waals surface area contributed by atoms with Crippen LogP contribution >= 0.6 is 0 Å². The molecule has 25 heavy (non-hydrogen) atoms. The van der Waals surface area contributed by atoms with E-state index in [2.05, 4.69) is 18.7 Å². The monoisotopic (exact) mass is 355 g/mol. The van der Waals surface area contributed by atoms with Crippen LogP contribution in [0.15, 0.2) is 0 Å². The smallest absolute Gasteiger partial charge is 0.156 e. The second kappa shape index (κ2) is 15.0. The van der Waals surface area contributed by atoms with Crippen LogP contribution in [-0.2, 0) is 9.47 Å². The molecule has 0 bridgehead atoms. The van der Waals surface area contributed by atoms with E-state index in [9.17, 15) is 0 Å². The minimum absolute atomic E-state index is 0.0221. The van der Waals surface area contributed by atoms with E-state index in [4.69, 9.17) is 9.47 Å². The summed E-state index contributed by atoms with van der Waals surface area (Å²) < 4.78 is 10.8. The molecule has 0 amide bonds. The molecule has 1 atom stereocenters. The lowest BCUT2D eigenvalue weighted by molar-refractivity contribution is -0.109. The highest BCUT2D eigenvalue weighted by molar-refractivity contribution is 4.70. The van der Waals surface area contributed by atoms with Gasteiger partial charge in [-0.15, -0.1) is 0 Å². The number of likely N-dealkylation sites (tertiary alicyclic amines) is 1. The van der Waals surface area contributed by atoms with Crippen molar-refractivity contribution in [3.8, 4) is 0 Å². The molecule has 1 heterocycles. The SMILES string of the molecule is CCCCCCCC(CCCN1CCC(C)CC1)CCC(OC)OC. The van der Waals surface area contributed by atoms with Crippen LogP contribution in [-0.4, -0.2) is 45.0 Å². The first-order valence-corrected chi connectivity index (χ1v) is 11.0. The van der Waals surface area contributed by atoms with Crippen molar-refractivity contribution in [1.82, 2.24) is 4.90 Å². The Kier molecular flexibility index (Phi) is 13.7. The number of ether oxygens (including phenoxy) is 2. The predicted octanol–water partition coefficient (Wildman–Crippen LogP) is 5.87. The standard InChI is InChI=1S/C22H45NO2/c1-5-6-7-8-9-11-21(13-14-22(24-3)25-4)12-10-17-23-18-15-20(2)16-19-23/h20-22H,5-19H2,1-4H3. The molecule has 0 N–H and O–H groups in total. The Labute approximate surface area is 157 Å². The first-order valence-electron chi connectivity index (χ1n) is 11.0. The Bertz CT molecular complexity index is 286. The Morgan fingerprint density at radius 1 is 0.840 bits per heavy atom. The van der Waals surface area contributed by atoms with E-state index < -0.39 is 0 Å². The van der Waals surface area contributed by atoms with Crippen LogP contribution in [0.25, 0.3) is 0 Å². The van der Waals surface area contributed by atoms with Gasteiger partial charge in [0.05, 0.1) is 0 Å². The van der Waals surface area contributed by atoms with Crippen molar-refractivity contribution in [3.63, 3.8) is 0 Å². The molecule has 0 saturated carbocycles. The van der Waals surface area contributed by atoms with Gasteiger partial charge in [0.15, 0.2) is 6.29 Å². The summed E-state index contributed by atoms with van der Waals surface area (Å²) in [6.07, 6.45) is 16.1. The number of methoxy groups -OCH3 is 2. The fourth-order valence-corrected chi connectivity index (χ4v) is 4.06. The average Bonchev–Trinajstić information content (AvgIpc) is 2.63. The lowest BCUT2D eigenvalue weighted by Crippen LogP contribution is -2.33. The van der Waals surface area contributed by atoms with Gasteiger partial charge in [0.1, 0.15) is 0 Å². The topological polar surface area (TPSA) is 21.7 Å². The van der Waals surface area contributed by atoms with Gasteiger partial charge in [-0.25, -0.2) is 0 Å². The lowest BCUT2D eigenvalue weighted by atomic mass is 9.91. The Morgan fingerprint density at radius 3 is 2.12 bits per heavy atom. The molecular formula is C22H45NO2. The molecule has 0 aromatic carbocycles. The molecular weight excluding hydrogens is 310 g/mol. The van der Waals surface area contributed by atoms with Crippen molar-refractivity contribution >= 4 is 0 Å². The van der Waals surface area contributed by atoms with Crippen LogP contribution in [0, 0.1) is 11.8 Å². The molecule has 1 unspecified atom stereocenters. The van der Waals surface area contributed by atoms with Crippen molar-refractivity contribution in [3.05, 3.63) is 0 Å². The lowest BCUT2D eigenvalue weighted by Gasteiger charge is -2.30. The van der Waals surface area contributed by atoms with Gasteiger partial charge < -0.3 is 14.4 Å². The fourth-order valence-electron chi connectivity index (χ4n) is 4.06. The molecule has 0 aliphatic carbocycles. The highest BCUT2D eigenvalue weighted by Crippen LogP contribution is 2.24. The second-order valence-corrected chi connectivity index (χ2v) is 8.21. The van der Waals surface area contributed by atoms with E-state index in [1.165, 1.54) is 90.3 Å². The van der Waals surface area contributed by atoms with Gasteiger partial charge in [-0.3, -0.25) is 0 Å². The third-order valence-electron chi connectivity index (χ3n) is 6.02. The highest BCUT2D eigenvalue weighted by atomic mass is 16.7. The van der Waals surface area contributed by atoms with E-state index in [1.54, 1.807) is 14.2 Å².